The average molecular weight is 234 g/mol. The van der Waals surface area contributed by atoms with Gasteiger partial charge in [-0.2, -0.15) is 0 Å². The summed E-state index contributed by atoms with van der Waals surface area (Å²) in [6.07, 6.45) is 1.53. The van der Waals surface area contributed by atoms with Crippen molar-refractivity contribution in [2.75, 3.05) is 24.5 Å². The smallest absolute Gasteiger partial charge is 0.169 e. The molecule has 1 atom stereocenters. The summed E-state index contributed by atoms with van der Waals surface area (Å²) in [7, 11) is 0. The fourth-order valence-corrected chi connectivity index (χ4v) is 2.37. The van der Waals surface area contributed by atoms with Crippen LogP contribution in [0, 0.1) is 5.82 Å². The van der Waals surface area contributed by atoms with Gasteiger partial charge in [0, 0.05) is 42.8 Å². The standard InChI is InChI=1S/C13H15FN2O/c1-9-8-16(4-3-15-9)11-6-10-2-5-17-13(10)12(14)7-11/h2,5-7,9,15H,3-4,8H2,1H3/t9-/m1/s1. The zero-order valence-electron chi connectivity index (χ0n) is 9.74. The van der Waals surface area contributed by atoms with Gasteiger partial charge in [-0.25, -0.2) is 4.39 Å². The number of benzene rings is 1. The van der Waals surface area contributed by atoms with Crippen LogP contribution in [0.2, 0.25) is 0 Å². The highest BCUT2D eigenvalue weighted by atomic mass is 19.1. The predicted molar refractivity (Wildman–Crippen MR) is 65.8 cm³/mol. The lowest BCUT2D eigenvalue weighted by Crippen LogP contribution is -2.49. The summed E-state index contributed by atoms with van der Waals surface area (Å²) < 4.78 is 18.9. The molecule has 0 saturated carbocycles. The molecule has 1 aromatic heterocycles. The first-order valence-corrected chi connectivity index (χ1v) is 5.89. The largest absolute Gasteiger partial charge is 0.461 e. The van der Waals surface area contributed by atoms with Crippen LogP contribution < -0.4 is 10.2 Å². The Morgan fingerprint density at radius 2 is 2.35 bits per heavy atom. The normalized spacial score (nSPS) is 21.1. The summed E-state index contributed by atoms with van der Waals surface area (Å²) in [5.41, 5.74) is 1.28. The van der Waals surface area contributed by atoms with Gasteiger partial charge in [0.15, 0.2) is 11.4 Å². The number of furan rings is 1. The molecule has 0 aliphatic carbocycles. The van der Waals surface area contributed by atoms with Gasteiger partial charge in [0.1, 0.15) is 0 Å². The number of hydrogen-bond donors (Lipinski definition) is 1. The summed E-state index contributed by atoms with van der Waals surface area (Å²) in [4.78, 5) is 2.21. The molecule has 0 radical (unpaired) electrons. The summed E-state index contributed by atoms with van der Waals surface area (Å²) in [6.45, 7) is 4.89. The molecule has 1 aromatic carbocycles. The Hall–Kier alpha value is -1.55. The molecule has 1 fully saturated rings. The van der Waals surface area contributed by atoms with Crippen LogP contribution in [0.1, 0.15) is 6.92 Å². The molecule has 0 bridgehead atoms. The number of halogens is 1. The molecular formula is C13H15FN2O. The van der Waals surface area contributed by atoms with Gasteiger partial charge in [-0.05, 0) is 19.1 Å². The fourth-order valence-electron chi connectivity index (χ4n) is 2.37. The molecule has 90 valence electrons. The lowest BCUT2D eigenvalue weighted by molar-refractivity contribution is 0.484. The Labute approximate surface area is 99.2 Å². The van der Waals surface area contributed by atoms with Gasteiger partial charge in [0.25, 0.3) is 0 Å². The van der Waals surface area contributed by atoms with E-state index in [9.17, 15) is 4.39 Å². The molecule has 17 heavy (non-hydrogen) atoms. The van der Waals surface area contributed by atoms with Gasteiger partial charge in [-0.1, -0.05) is 0 Å². The van der Waals surface area contributed by atoms with Crippen molar-refractivity contribution in [2.24, 2.45) is 0 Å². The maximum Gasteiger partial charge on any atom is 0.169 e. The molecule has 2 heterocycles. The van der Waals surface area contributed by atoms with Crippen LogP contribution in [-0.4, -0.2) is 25.7 Å². The fraction of sp³-hybridized carbons (Fsp3) is 0.385. The molecule has 3 rings (SSSR count). The quantitative estimate of drug-likeness (QED) is 0.821. The maximum atomic E-state index is 13.8. The molecule has 4 heteroatoms. The summed E-state index contributed by atoms with van der Waals surface area (Å²) in [5, 5.41) is 4.20. The molecule has 1 saturated heterocycles. The minimum Gasteiger partial charge on any atom is -0.461 e. The van der Waals surface area contributed by atoms with E-state index in [0.29, 0.717) is 11.6 Å². The lowest BCUT2D eigenvalue weighted by atomic mass is 10.1. The molecule has 1 N–H and O–H groups in total. The van der Waals surface area contributed by atoms with Crippen molar-refractivity contribution in [3.8, 4) is 0 Å². The van der Waals surface area contributed by atoms with Gasteiger partial charge in [0.05, 0.1) is 6.26 Å². The molecule has 3 nitrogen and oxygen atoms in total. The second kappa shape index (κ2) is 4.04. The van der Waals surface area contributed by atoms with Crippen molar-refractivity contribution >= 4 is 16.7 Å². The van der Waals surface area contributed by atoms with Crippen molar-refractivity contribution < 1.29 is 8.81 Å². The topological polar surface area (TPSA) is 28.4 Å². The monoisotopic (exact) mass is 234 g/mol. The minimum absolute atomic E-state index is 0.284. The highest BCUT2D eigenvalue weighted by molar-refractivity contribution is 5.82. The number of piperazine rings is 1. The van der Waals surface area contributed by atoms with E-state index in [0.717, 1.165) is 30.7 Å². The Morgan fingerprint density at radius 3 is 3.18 bits per heavy atom. The highest BCUT2D eigenvalue weighted by Gasteiger charge is 2.17. The van der Waals surface area contributed by atoms with Crippen molar-refractivity contribution in [2.45, 2.75) is 13.0 Å². The molecule has 1 aliphatic heterocycles. The first kappa shape index (κ1) is 10.6. The molecule has 0 spiro atoms. The lowest BCUT2D eigenvalue weighted by Gasteiger charge is -2.33. The van der Waals surface area contributed by atoms with E-state index in [1.807, 2.05) is 6.07 Å². The average Bonchev–Trinajstić information content (AvgIpc) is 2.77. The number of nitrogens with zero attached hydrogens (tertiary/aromatic N) is 1. The van der Waals surface area contributed by atoms with E-state index in [1.54, 1.807) is 12.1 Å². The van der Waals surface area contributed by atoms with Crippen LogP contribution in [0.15, 0.2) is 28.9 Å². The maximum absolute atomic E-state index is 13.8. The third-order valence-corrected chi connectivity index (χ3v) is 3.22. The summed E-state index contributed by atoms with van der Waals surface area (Å²) >= 11 is 0. The second-order valence-corrected chi connectivity index (χ2v) is 4.57. The first-order valence-electron chi connectivity index (χ1n) is 5.89. The SMILES string of the molecule is C[C@@H]1CN(c2cc(F)c3occc3c2)CCN1. The van der Waals surface area contributed by atoms with Gasteiger partial charge in [-0.15, -0.1) is 0 Å². The highest BCUT2D eigenvalue weighted by Crippen LogP contribution is 2.26. The van der Waals surface area contributed by atoms with Crippen LogP contribution in [0.3, 0.4) is 0 Å². The Morgan fingerprint density at radius 1 is 1.47 bits per heavy atom. The molecule has 0 amide bonds. The van der Waals surface area contributed by atoms with E-state index in [4.69, 9.17) is 4.42 Å². The Kier molecular flexibility index (Phi) is 2.52. The molecule has 0 unspecified atom stereocenters. The van der Waals surface area contributed by atoms with Gasteiger partial charge >= 0.3 is 0 Å². The van der Waals surface area contributed by atoms with E-state index >= 15 is 0 Å². The van der Waals surface area contributed by atoms with Crippen LogP contribution in [0.5, 0.6) is 0 Å². The number of fused-ring (bicyclic) bond motifs is 1. The zero-order chi connectivity index (χ0) is 11.8. The van der Waals surface area contributed by atoms with E-state index in [-0.39, 0.29) is 5.82 Å². The van der Waals surface area contributed by atoms with Gasteiger partial charge in [-0.3, -0.25) is 0 Å². The molecule has 2 aromatic rings. The minimum atomic E-state index is -0.284. The molecular weight excluding hydrogens is 219 g/mol. The predicted octanol–water partition coefficient (Wildman–Crippen LogP) is 2.37. The molecule has 1 aliphatic rings. The van der Waals surface area contributed by atoms with Gasteiger partial charge < -0.3 is 14.6 Å². The van der Waals surface area contributed by atoms with Crippen molar-refractivity contribution in [1.82, 2.24) is 5.32 Å². The van der Waals surface area contributed by atoms with Gasteiger partial charge in [0.2, 0.25) is 0 Å². The Bertz CT molecular complexity index is 537. The van der Waals surface area contributed by atoms with Crippen LogP contribution in [0.25, 0.3) is 11.0 Å². The van der Waals surface area contributed by atoms with Crippen molar-refractivity contribution in [3.05, 3.63) is 30.3 Å². The summed E-state index contributed by atoms with van der Waals surface area (Å²) in [6, 6.07) is 5.78. The van der Waals surface area contributed by atoms with E-state index < -0.39 is 0 Å². The van der Waals surface area contributed by atoms with Crippen LogP contribution in [0.4, 0.5) is 10.1 Å². The first-order chi connectivity index (χ1) is 8.24. The third-order valence-electron chi connectivity index (χ3n) is 3.22. The van der Waals surface area contributed by atoms with E-state index in [1.165, 1.54) is 6.26 Å². The number of anilines is 1. The Balaban J connectivity index is 1.99. The second-order valence-electron chi connectivity index (χ2n) is 4.57. The zero-order valence-corrected chi connectivity index (χ0v) is 9.74. The van der Waals surface area contributed by atoms with Crippen molar-refractivity contribution in [1.29, 1.82) is 0 Å². The number of nitrogens with one attached hydrogen (secondary N) is 1. The number of rotatable bonds is 1. The number of hydrogen-bond acceptors (Lipinski definition) is 3. The van der Waals surface area contributed by atoms with Crippen molar-refractivity contribution in [3.63, 3.8) is 0 Å². The van der Waals surface area contributed by atoms with Crippen LogP contribution in [-0.2, 0) is 0 Å². The van der Waals surface area contributed by atoms with E-state index in [2.05, 4.69) is 17.1 Å². The van der Waals surface area contributed by atoms with Crippen LogP contribution >= 0.6 is 0 Å². The summed E-state index contributed by atoms with van der Waals surface area (Å²) in [5.74, 6) is -0.284. The third kappa shape index (κ3) is 1.89.